The smallest absolute Gasteiger partial charge is 0.271 e. The van der Waals surface area contributed by atoms with E-state index in [1.165, 1.54) is 5.56 Å². The van der Waals surface area contributed by atoms with Crippen LogP contribution in [0.5, 0.6) is 11.5 Å². The Bertz CT molecular complexity index is 1180. The second-order valence-corrected chi connectivity index (χ2v) is 8.32. The number of nitrogens with zero attached hydrogens (tertiary/aromatic N) is 1. The van der Waals surface area contributed by atoms with Gasteiger partial charge in [-0.2, -0.15) is 0 Å². The van der Waals surface area contributed by atoms with Crippen molar-refractivity contribution in [2.75, 3.05) is 20.8 Å². The zero-order chi connectivity index (χ0) is 20.7. The Morgan fingerprint density at radius 1 is 1.07 bits per heavy atom. The Labute approximate surface area is 178 Å². The average molecular weight is 419 g/mol. The van der Waals surface area contributed by atoms with Crippen LogP contribution in [-0.4, -0.2) is 36.6 Å². The summed E-state index contributed by atoms with van der Waals surface area (Å²) >= 11 is 1.66. The number of H-pyrrole nitrogens is 1. The summed E-state index contributed by atoms with van der Waals surface area (Å²) in [6, 6.07) is 17.9. The molecule has 0 fully saturated rings. The van der Waals surface area contributed by atoms with E-state index >= 15 is 0 Å². The maximum Gasteiger partial charge on any atom is 0.271 e. The number of aromatic nitrogens is 1. The van der Waals surface area contributed by atoms with Gasteiger partial charge in [-0.15, -0.1) is 11.3 Å². The second kappa shape index (κ2) is 7.54. The van der Waals surface area contributed by atoms with Gasteiger partial charge >= 0.3 is 0 Å². The number of nitrogens with one attached hydrogen (secondary N) is 1. The lowest BCUT2D eigenvalue weighted by Gasteiger charge is -2.37. The van der Waals surface area contributed by atoms with E-state index in [1.54, 1.807) is 25.6 Å². The molecule has 1 amide bonds. The summed E-state index contributed by atoms with van der Waals surface area (Å²) in [6.45, 7) is 0.638. The molecule has 1 aliphatic rings. The van der Waals surface area contributed by atoms with Gasteiger partial charge in [-0.1, -0.05) is 24.3 Å². The van der Waals surface area contributed by atoms with Gasteiger partial charge in [-0.3, -0.25) is 4.79 Å². The van der Waals surface area contributed by atoms with Gasteiger partial charge in [0, 0.05) is 22.3 Å². The number of para-hydroxylation sites is 1. The maximum atomic E-state index is 13.6. The Morgan fingerprint density at radius 3 is 2.60 bits per heavy atom. The van der Waals surface area contributed by atoms with E-state index < -0.39 is 0 Å². The molecule has 3 heterocycles. The molecule has 152 valence electrons. The fourth-order valence-corrected chi connectivity index (χ4v) is 5.12. The fraction of sp³-hybridized carbons (Fsp3) is 0.208. The van der Waals surface area contributed by atoms with Crippen LogP contribution < -0.4 is 9.47 Å². The number of carbonyl (C=O) groups is 1. The molecule has 6 heteroatoms. The normalized spacial score (nSPS) is 15.8. The third-order valence-electron chi connectivity index (χ3n) is 5.71. The molecule has 5 nitrogen and oxygen atoms in total. The molecule has 1 atom stereocenters. The summed E-state index contributed by atoms with van der Waals surface area (Å²) in [6.07, 6.45) is 0.767. The van der Waals surface area contributed by atoms with Crippen molar-refractivity contribution in [3.63, 3.8) is 0 Å². The number of rotatable bonds is 4. The van der Waals surface area contributed by atoms with Gasteiger partial charge in [-0.25, -0.2) is 0 Å². The van der Waals surface area contributed by atoms with Crippen LogP contribution in [0, 0.1) is 0 Å². The lowest BCUT2D eigenvalue weighted by Crippen LogP contribution is -2.40. The quantitative estimate of drug-likeness (QED) is 0.505. The highest BCUT2D eigenvalue weighted by Crippen LogP contribution is 2.42. The molecule has 0 radical (unpaired) electrons. The molecule has 4 aromatic rings. The monoisotopic (exact) mass is 418 g/mol. The summed E-state index contributed by atoms with van der Waals surface area (Å²) in [7, 11) is 3.29. The molecule has 30 heavy (non-hydrogen) atoms. The molecular weight excluding hydrogens is 396 g/mol. The minimum atomic E-state index is -0.160. The minimum absolute atomic E-state index is 0.00466. The van der Waals surface area contributed by atoms with Crippen LogP contribution in [0.4, 0.5) is 0 Å². The summed E-state index contributed by atoms with van der Waals surface area (Å²) < 4.78 is 11.1. The molecule has 0 aliphatic carbocycles. The number of hydrogen-bond donors (Lipinski definition) is 1. The number of aromatic amines is 1. The number of fused-ring (bicyclic) bond motifs is 2. The zero-order valence-electron chi connectivity index (χ0n) is 16.8. The number of hydrogen-bond acceptors (Lipinski definition) is 4. The Morgan fingerprint density at radius 2 is 1.87 bits per heavy atom. The van der Waals surface area contributed by atoms with Crippen molar-refractivity contribution in [3.8, 4) is 11.5 Å². The SMILES string of the molecule is COc1cc2c(cc1OC)C(c1cccs1)N(C(=O)c1cc3ccccc3[nH]1)CC2. The van der Waals surface area contributed by atoms with E-state index in [2.05, 4.69) is 16.4 Å². The number of carbonyl (C=O) groups excluding carboxylic acids is 1. The molecule has 2 aromatic carbocycles. The van der Waals surface area contributed by atoms with E-state index in [4.69, 9.17) is 9.47 Å². The third kappa shape index (κ3) is 3.04. The van der Waals surface area contributed by atoms with E-state index in [9.17, 15) is 4.79 Å². The first-order valence-corrected chi connectivity index (χ1v) is 10.7. The van der Waals surface area contributed by atoms with E-state index in [1.807, 2.05) is 53.4 Å². The number of thiophene rings is 1. The lowest BCUT2D eigenvalue weighted by atomic mass is 9.90. The van der Waals surface area contributed by atoms with Crippen LogP contribution in [0.1, 0.15) is 32.5 Å². The molecule has 2 aromatic heterocycles. The third-order valence-corrected chi connectivity index (χ3v) is 6.63. The molecule has 0 saturated carbocycles. The zero-order valence-corrected chi connectivity index (χ0v) is 17.7. The molecular formula is C24H22N2O3S. The summed E-state index contributed by atoms with van der Waals surface area (Å²) in [5.41, 5.74) is 3.86. The van der Waals surface area contributed by atoms with Gasteiger partial charge in [-0.05, 0) is 53.3 Å². The van der Waals surface area contributed by atoms with Crippen molar-refractivity contribution in [1.29, 1.82) is 0 Å². The number of methoxy groups -OCH3 is 2. The molecule has 0 saturated heterocycles. The van der Waals surface area contributed by atoms with E-state index in [0.717, 1.165) is 33.5 Å². The number of ether oxygens (including phenoxy) is 2. The van der Waals surface area contributed by atoms with Crippen LogP contribution in [-0.2, 0) is 6.42 Å². The second-order valence-electron chi connectivity index (χ2n) is 7.34. The lowest BCUT2D eigenvalue weighted by molar-refractivity contribution is 0.0692. The summed E-state index contributed by atoms with van der Waals surface area (Å²) in [4.78, 5) is 20.0. The molecule has 1 unspecified atom stereocenters. The standard InChI is InChI=1S/C24H22N2O3S/c1-28-20-13-15-9-10-26(24(27)19-12-16-6-3-4-7-18(16)25-19)23(22-8-5-11-30-22)17(15)14-21(20)29-2/h3-8,11-14,23,25H,9-10H2,1-2H3. The molecule has 0 bridgehead atoms. The van der Waals surface area contributed by atoms with Crippen LogP contribution in [0.25, 0.3) is 10.9 Å². The van der Waals surface area contributed by atoms with E-state index in [0.29, 0.717) is 18.0 Å². The number of benzene rings is 2. The molecule has 1 aliphatic heterocycles. The fourth-order valence-electron chi connectivity index (χ4n) is 4.26. The first kappa shape index (κ1) is 18.8. The summed E-state index contributed by atoms with van der Waals surface area (Å²) in [5, 5.41) is 3.09. The van der Waals surface area contributed by atoms with Crippen molar-refractivity contribution < 1.29 is 14.3 Å². The van der Waals surface area contributed by atoms with Gasteiger partial charge < -0.3 is 19.4 Å². The highest BCUT2D eigenvalue weighted by atomic mass is 32.1. The van der Waals surface area contributed by atoms with Crippen molar-refractivity contribution in [1.82, 2.24) is 9.88 Å². The van der Waals surface area contributed by atoms with Crippen LogP contribution in [0.3, 0.4) is 0 Å². The first-order chi connectivity index (χ1) is 14.7. The molecule has 0 spiro atoms. The van der Waals surface area contributed by atoms with Crippen molar-refractivity contribution >= 4 is 28.1 Å². The Hall–Kier alpha value is -3.25. The molecule has 1 N–H and O–H groups in total. The van der Waals surface area contributed by atoms with Crippen LogP contribution >= 0.6 is 11.3 Å². The van der Waals surface area contributed by atoms with Gasteiger partial charge in [0.2, 0.25) is 0 Å². The topological polar surface area (TPSA) is 54.6 Å². The summed E-state index contributed by atoms with van der Waals surface area (Å²) in [5.74, 6) is 1.40. The van der Waals surface area contributed by atoms with Gasteiger partial charge in [0.05, 0.1) is 20.3 Å². The highest BCUT2D eigenvalue weighted by molar-refractivity contribution is 7.10. The highest BCUT2D eigenvalue weighted by Gasteiger charge is 2.35. The van der Waals surface area contributed by atoms with Crippen molar-refractivity contribution in [2.45, 2.75) is 12.5 Å². The predicted molar refractivity (Wildman–Crippen MR) is 119 cm³/mol. The minimum Gasteiger partial charge on any atom is -0.493 e. The largest absolute Gasteiger partial charge is 0.493 e. The van der Waals surface area contributed by atoms with E-state index in [-0.39, 0.29) is 11.9 Å². The average Bonchev–Trinajstić information content (AvgIpc) is 3.46. The van der Waals surface area contributed by atoms with Crippen molar-refractivity contribution in [3.05, 3.63) is 81.7 Å². The van der Waals surface area contributed by atoms with Crippen LogP contribution in [0.2, 0.25) is 0 Å². The maximum absolute atomic E-state index is 13.6. The van der Waals surface area contributed by atoms with Crippen LogP contribution in [0.15, 0.2) is 60.0 Å². The predicted octanol–water partition coefficient (Wildman–Crippen LogP) is 5.03. The van der Waals surface area contributed by atoms with Gasteiger partial charge in [0.1, 0.15) is 5.69 Å². The number of amides is 1. The first-order valence-electron chi connectivity index (χ1n) is 9.86. The Kier molecular flexibility index (Phi) is 4.71. The van der Waals surface area contributed by atoms with Gasteiger partial charge in [0.25, 0.3) is 5.91 Å². The van der Waals surface area contributed by atoms with Gasteiger partial charge in [0.15, 0.2) is 11.5 Å². The van der Waals surface area contributed by atoms with Crippen molar-refractivity contribution in [2.24, 2.45) is 0 Å². The Balaban J connectivity index is 1.61. The molecule has 5 rings (SSSR count).